The normalized spacial score (nSPS) is 12.0. The number of aliphatic hydroxyl groups excluding tert-OH is 1. The molecule has 0 saturated heterocycles. The van der Waals surface area contributed by atoms with E-state index in [4.69, 9.17) is 4.74 Å². The van der Waals surface area contributed by atoms with Crippen molar-refractivity contribution in [2.75, 3.05) is 5.32 Å². The second-order valence-electron chi connectivity index (χ2n) is 9.02. The van der Waals surface area contributed by atoms with E-state index in [9.17, 15) is 29.1 Å². The van der Waals surface area contributed by atoms with Crippen molar-refractivity contribution >= 4 is 17.7 Å². The highest BCUT2D eigenvalue weighted by molar-refractivity contribution is 5.84. The van der Waals surface area contributed by atoms with Gasteiger partial charge in [-0.3, -0.25) is 19.5 Å². The lowest BCUT2D eigenvalue weighted by atomic mass is 10.0. The van der Waals surface area contributed by atoms with Crippen LogP contribution >= 0.6 is 0 Å². The summed E-state index contributed by atoms with van der Waals surface area (Å²) in [4.78, 5) is 43.2. The Morgan fingerprint density at radius 3 is 2.27 bits per heavy atom. The second kappa shape index (κ2) is 13.6. The van der Waals surface area contributed by atoms with Gasteiger partial charge in [-0.1, -0.05) is 60.7 Å². The highest BCUT2D eigenvalue weighted by atomic mass is 19.1. The molecule has 2 unspecified atom stereocenters. The molecule has 2 atom stereocenters. The zero-order valence-corrected chi connectivity index (χ0v) is 21.7. The van der Waals surface area contributed by atoms with Crippen LogP contribution in [-0.4, -0.2) is 38.8 Å². The molecule has 3 N–H and O–H groups in total. The summed E-state index contributed by atoms with van der Waals surface area (Å²) >= 11 is 0. The number of hydrogen-bond donors (Lipinski definition) is 3. The molecule has 0 aliphatic heterocycles. The van der Waals surface area contributed by atoms with Crippen molar-refractivity contribution in [2.24, 2.45) is 0 Å². The molecule has 0 bridgehead atoms. The number of carbonyl (C=O) groups excluding carboxylic acids is 2. The van der Waals surface area contributed by atoms with Crippen LogP contribution in [0.2, 0.25) is 0 Å². The van der Waals surface area contributed by atoms with Gasteiger partial charge in [-0.05, 0) is 41.8 Å². The third-order valence-corrected chi connectivity index (χ3v) is 6.06. The zero-order valence-electron chi connectivity index (χ0n) is 21.7. The van der Waals surface area contributed by atoms with E-state index in [2.05, 4.69) is 15.6 Å². The van der Waals surface area contributed by atoms with Gasteiger partial charge < -0.3 is 15.2 Å². The number of nitrogens with one attached hydrogen (secondary N) is 2. The number of hydrogen-bond acceptors (Lipinski definition) is 7. The van der Waals surface area contributed by atoms with Gasteiger partial charge in [0.05, 0.1) is 18.3 Å². The number of amides is 2. The first-order valence-corrected chi connectivity index (χ1v) is 12.6. The second-order valence-corrected chi connectivity index (χ2v) is 9.02. The third-order valence-electron chi connectivity index (χ3n) is 6.06. The summed E-state index contributed by atoms with van der Waals surface area (Å²) in [5.74, 6) is -1.17. The van der Waals surface area contributed by atoms with Crippen molar-refractivity contribution in [2.45, 2.75) is 31.7 Å². The lowest BCUT2D eigenvalue weighted by molar-refractivity contribution is -0.123. The molecule has 0 fully saturated rings. The van der Waals surface area contributed by atoms with Gasteiger partial charge in [0.2, 0.25) is 5.91 Å². The highest BCUT2D eigenvalue weighted by Crippen LogP contribution is 2.18. The van der Waals surface area contributed by atoms with Crippen molar-refractivity contribution in [3.8, 4) is 17.5 Å². The fourth-order valence-electron chi connectivity index (χ4n) is 4.02. The Balaban J connectivity index is 1.58. The van der Waals surface area contributed by atoms with Crippen LogP contribution in [0.5, 0.6) is 0 Å². The Bertz CT molecular complexity index is 1590. The van der Waals surface area contributed by atoms with Crippen LogP contribution in [0.3, 0.4) is 0 Å². The molecule has 11 heteroatoms. The standard InChI is InChI=1S/C30H26FN5O5/c31-23-13-11-22(12-14-23)28-33-17-25(35-30(40)41-19-21-9-5-2-6-10-21)29(39)36(28)18-27(38)34-24(26(37)16-32)15-20-7-3-1-4-8-20/h1-14,17,24,26,37H,15,18-19H2,(H,34,38)(H,35,40). The number of benzene rings is 3. The van der Waals surface area contributed by atoms with E-state index in [0.717, 1.165) is 21.9 Å². The maximum atomic E-state index is 13.6. The maximum Gasteiger partial charge on any atom is 0.412 e. The van der Waals surface area contributed by atoms with E-state index < -0.39 is 42.1 Å². The minimum atomic E-state index is -1.52. The molecule has 10 nitrogen and oxygen atoms in total. The van der Waals surface area contributed by atoms with Crippen molar-refractivity contribution in [3.63, 3.8) is 0 Å². The lowest BCUT2D eigenvalue weighted by Gasteiger charge is -2.21. The number of nitrogens with zero attached hydrogens (tertiary/aromatic N) is 3. The average molecular weight is 556 g/mol. The molecule has 0 radical (unpaired) electrons. The van der Waals surface area contributed by atoms with Crippen molar-refractivity contribution in [3.05, 3.63) is 118 Å². The highest BCUT2D eigenvalue weighted by Gasteiger charge is 2.23. The SMILES string of the molecule is N#CC(O)C(Cc1ccccc1)NC(=O)Cn1c(-c2ccc(F)cc2)ncc(NC(=O)OCc2ccccc2)c1=O. The van der Waals surface area contributed by atoms with Crippen LogP contribution < -0.4 is 16.2 Å². The number of aliphatic hydroxyl groups is 1. The lowest BCUT2D eigenvalue weighted by Crippen LogP contribution is -2.46. The Labute approximate surface area is 234 Å². The van der Waals surface area contributed by atoms with Crippen LogP contribution in [0.25, 0.3) is 11.4 Å². The molecular formula is C30H26FN5O5. The molecule has 4 aromatic rings. The fourth-order valence-corrected chi connectivity index (χ4v) is 4.02. The molecule has 3 aromatic carbocycles. The van der Waals surface area contributed by atoms with Gasteiger partial charge in [-0.2, -0.15) is 5.26 Å². The van der Waals surface area contributed by atoms with Crippen LogP contribution in [0.15, 0.2) is 95.9 Å². The summed E-state index contributed by atoms with van der Waals surface area (Å²) in [6.07, 6.45) is -1.14. The molecule has 0 spiro atoms. The minimum Gasteiger partial charge on any atom is -0.444 e. The van der Waals surface area contributed by atoms with Gasteiger partial charge in [0.1, 0.15) is 30.5 Å². The molecule has 1 aromatic heterocycles. The summed E-state index contributed by atoms with van der Waals surface area (Å²) in [6, 6.07) is 23.8. The largest absolute Gasteiger partial charge is 0.444 e. The summed E-state index contributed by atoms with van der Waals surface area (Å²) in [6.45, 7) is -0.606. The van der Waals surface area contributed by atoms with Gasteiger partial charge in [0.15, 0.2) is 6.10 Å². The van der Waals surface area contributed by atoms with Crippen molar-refractivity contribution in [1.82, 2.24) is 14.9 Å². The molecule has 2 amide bonds. The van der Waals surface area contributed by atoms with Gasteiger partial charge in [0, 0.05) is 5.56 Å². The zero-order chi connectivity index (χ0) is 29.2. The summed E-state index contributed by atoms with van der Waals surface area (Å²) in [7, 11) is 0. The molecule has 0 saturated carbocycles. The van der Waals surface area contributed by atoms with E-state index in [-0.39, 0.29) is 24.5 Å². The predicted molar refractivity (Wildman–Crippen MR) is 148 cm³/mol. The van der Waals surface area contributed by atoms with Gasteiger partial charge in [0.25, 0.3) is 5.56 Å². The van der Waals surface area contributed by atoms with E-state index in [1.54, 1.807) is 54.6 Å². The van der Waals surface area contributed by atoms with Crippen LogP contribution in [0.1, 0.15) is 11.1 Å². The topological polar surface area (TPSA) is 146 Å². The number of carbonyl (C=O) groups is 2. The minimum absolute atomic E-state index is 0.0334. The first-order chi connectivity index (χ1) is 19.8. The number of anilines is 1. The molecule has 0 aliphatic rings. The summed E-state index contributed by atoms with van der Waals surface area (Å²) in [5, 5.41) is 24.5. The molecular weight excluding hydrogens is 529 g/mol. The average Bonchev–Trinajstić information content (AvgIpc) is 2.99. The van der Waals surface area contributed by atoms with Gasteiger partial charge in [-0.15, -0.1) is 0 Å². The molecule has 0 aliphatic carbocycles. The van der Waals surface area contributed by atoms with Crippen LogP contribution in [-0.2, 0) is 29.1 Å². The van der Waals surface area contributed by atoms with Crippen LogP contribution in [0, 0.1) is 17.1 Å². The molecule has 1 heterocycles. The molecule has 208 valence electrons. The van der Waals surface area contributed by atoms with E-state index in [1.165, 1.54) is 24.3 Å². The van der Waals surface area contributed by atoms with E-state index in [0.29, 0.717) is 5.56 Å². The monoisotopic (exact) mass is 555 g/mol. The predicted octanol–water partition coefficient (Wildman–Crippen LogP) is 3.41. The van der Waals surface area contributed by atoms with Crippen LogP contribution in [0.4, 0.5) is 14.9 Å². The molecule has 41 heavy (non-hydrogen) atoms. The van der Waals surface area contributed by atoms with E-state index >= 15 is 0 Å². The van der Waals surface area contributed by atoms with Gasteiger partial charge in [-0.25, -0.2) is 14.2 Å². The number of aromatic nitrogens is 2. The number of nitriles is 1. The number of ether oxygens (including phenoxy) is 1. The van der Waals surface area contributed by atoms with Crippen molar-refractivity contribution < 1.29 is 23.8 Å². The Kier molecular flexibility index (Phi) is 9.53. The fraction of sp³-hybridized carbons (Fsp3) is 0.167. The molecule has 4 rings (SSSR count). The smallest absolute Gasteiger partial charge is 0.412 e. The first kappa shape index (κ1) is 28.7. The quantitative estimate of drug-likeness (QED) is 0.254. The van der Waals surface area contributed by atoms with Crippen molar-refractivity contribution in [1.29, 1.82) is 5.26 Å². The van der Waals surface area contributed by atoms with E-state index in [1.807, 2.05) is 12.1 Å². The Morgan fingerprint density at radius 2 is 1.63 bits per heavy atom. The Hall–Kier alpha value is -5.34. The Morgan fingerprint density at radius 1 is 1.00 bits per heavy atom. The van der Waals surface area contributed by atoms with Gasteiger partial charge >= 0.3 is 6.09 Å². The first-order valence-electron chi connectivity index (χ1n) is 12.6. The maximum absolute atomic E-state index is 13.6. The summed E-state index contributed by atoms with van der Waals surface area (Å²) < 4.78 is 19.7. The summed E-state index contributed by atoms with van der Waals surface area (Å²) in [5.41, 5.74) is 0.836. The third kappa shape index (κ3) is 7.84. The number of rotatable bonds is 10. The number of halogens is 1.